The molecule has 92 valence electrons. The summed E-state index contributed by atoms with van der Waals surface area (Å²) in [7, 11) is 3.19. The lowest BCUT2D eigenvalue weighted by Crippen LogP contribution is -2.00. The number of nitriles is 1. The molecule has 0 fully saturated rings. The Morgan fingerprint density at radius 1 is 1.22 bits per heavy atom. The average molecular weight is 242 g/mol. The number of nitrogens with zero attached hydrogens (tertiary/aromatic N) is 1. The van der Waals surface area contributed by atoms with Crippen molar-refractivity contribution >= 4 is 0 Å². The number of benzene rings is 1. The van der Waals surface area contributed by atoms with E-state index in [0.717, 1.165) is 11.1 Å². The molecule has 1 unspecified atom stereocenters. The van der Waals surface area contributed by atoms with Crippen LogP contribution in [0.3, 0.4) is 0 Å². The molecular formula is C14H14N2O2. The van der Waals surface area contributed by atoms with Crippen molar-refractivity contribution in [1.29, 1.82) is 5.26 Å². The zero-order valence-electron chi connectivity index (χ0n) is 10.3. The van der Waals surface area contributed by atoms with Gasteiger partial charge in [-0.05, 0) is 23.8 Å². The lowest BCUT2D eigenvalue weighted by atomic mass is 9.94. The molecule has 2 aromatic rings. The third-order valence-corrected chi connectivity index (χ3v) is 2.84. The summed E-state index contributed by atoms with van der Waals surface area (Å²) in [6.45, 7) is 0. The highest BCUT2D eigenvalue weighted by atomic mass is 16.5. The van der Waals surface area contributed by atoms with Gasteiger partial charge >= 0.3 is 0 Å². The quantitative estimate of drug-likeness (QED) is 0.896. The standard InChI is InChI=1S/C14H14N2O2/c1-17-11-3-4-12(14(7-11)18-2)13(8-15)10-5-6-16-9-10/h3-7,9,13,16H,1-2H3. The molecule has 0 saturated heterocycles. The first-order chi connectivity index (χ1) is 8.80. The zero-order chi connectivity index (χ0) is 13.0. The van der Waals surface area contributed by atoms with E-state index in [-0.39, 0.29) is 5.92 Å². The second kappa shape index (κ2) is 5.28. The summed E-state index contributed by atoms with van der Waals surface area (Å²) in [4.78, 5) is 2.96. The Bertz CT molecular complexity index is 556. The summed E-state index contributed by atoms with van der Waals surface area (Å²) in [6, 6.07) is 9.65. The summed E-state index contributed by atoms with van der Waals surface area (Å²) < 4.78 is 10.5. The number of hydrogen-bond donors (Lipinski definition) is 1. The molecule has 0 spiro atoms. The molecule has 1 N–H and O–H groups in total. The Kier molecular flexibility index (Phi) is 3.54. The molecule has 1 atom stereocenters. The molecule has 1 heterocycles. The first-order valence-corrected chi connectivity index (χ1v) is 5.54. The van der Waals surface area contributed by atoms with Crippen LogP contribution in [0, 0.1) is 11.3 Å². The van der Waals surface area contributed by atoms with Gasteiger partial charge in [-0.25, -0.2) is 0 Å². The van der Waals surface area contributed by atoms with Crippen molar-refractivity contribution in [3.63, 3.8) is 0 Å². The van der Waals surface area contributed by atoms with E-state index in [1.54, 1.807) is 26.5 Å². The molecule has 1 aromatic heterocycles. The molecule has 0 aliphatic rings. The van der Waals surface area contributed by atoms with Crippen molar-refractivity contribution < 1.29 is 9.47 Å². The fourth-order valence-electron chi connectivity index (χ4n) is 1.90. The van der Waals surface area contributed by atoms with Crippen molar-refractivity contribution in [3.05, 3.63) is 47.8 Å². The number of aromatic nitrogens is 1. The van der Waals surface area contributed by atoms with Gasteiger partial charge in [-0.2, -0.15) is 5.26 Å². The van der Waals surface area contributed by atoms with Crippen LogP contribution in [0.1, 0.15) is 17.0 Å². The summed E-state index contributed by atoms with van der Waals surface area (Å²) in [5, 5.41) is 9.35. The van der Waals surface area contributed by atoms with Crippen LogP contribution in [0.25, 0.3) is 0 Å². The SMILES string of the molecule is COc1ccc(C(C#N)c2cc[nH]c2)c(OC)c1. The van der Waals surface area contributed by atoms with Crippen molar-refractivity contribution in [2.75, 3.05) is 14.2 Å². The molecule has 0 aliphatic heterocycles. The molecule has 0 bridgehead atoms. The molecule has 0 saturated carbocycles. The number of methoxy groups -OCH3 is 2. The molecule has 18 heavy (non-hydrogen) atoms. The first-order valence-electron chi connectivity index (χ1n) is 5.54. The fraction of sp³-hybridized carbons (Fsp3) is 0.214. The summed E-state index contributed by atoms with van der Waals surface area (Å²) in [5.41, 5.74) is 1.75. The molecule has 2 rings (SSSR count). The smallest absolute Gasteiger partial charge is 0.127 e. The van der Waals surface area contributed by atoms with E-state index in [2.05, 4.69) is 11.1 Å². The Balaban J connectivity index is 2.46. The van der Waals surface area contributed by atoms with Gasteiger partial charge in [-0.3, -0.25) is 0 Å². The minimum atomic E-state index is -0.350. The van der Waals surface area contributed by atoms with E-state index in [0.29, 0.717) is 11.5 Å². The second-order valence-electron chi connectivity index (χ2n) is 3.81. The Hall–Kier alpha value is -2.41. The van der Waals surface area contributed by atoms with Crippen LogP contribution in [0.5, 0.6) is 11.5 Å². The lowest BCUT2D eigenvalue weighted by molar-refractivity contribution is 0.391. The molecule has 1 aromatic carbocycles. The number of nitrogens with one attached hydrogen (secondary N) is 1. The third kappa shape index (κ3) is 2.16. The third-order valence-electron chi connectivity index (χ3n) is 2.84. The van der Waals surface area contributed by atoms with Gasteiger partial charge in [0.05, 0.1) is 20.3 Å². The molecular weight excluding hydrogens is 228 g/mol. The first kappa shape index (κ1) is 12.1. The molecule has 4 heteroatoms. The Morgan fingerprint density at radius 2 is 2.06 bits per heavy atom. The Labute approximate surface area is 106 Å². The number of H-pyrrole nitrogens is 1. The summed E-state index contributed by atoms with van der Waals surface area (Å²) >= 11 is 0. The van der Waals surface area contributed by atoms with Crippen LogP contribution in [0.15, 0.2) is 36.7 Å². The number of hydrogen-bond acceptors (Lipinski definition) is 3. The largest absolute Gasteiger partial charge is 0.497 e. The van der Waals surface area contributed by atoms with Crippen molar-refractivity contribution in [3.8, 4) is 17.6 Å². The predicted molar refractivity (Wildman–Crippen MR) is 67.8 cm³/mol. The van der Waals surface area contributed by atoms with E-state index in [9.17, 15) is 5.26 Å². The number of ether oxygens (including phenoxy) is 2. The van der Waals surface area contributed by atoms with E-state index in [1.165, 1.54) is 0 Å². The normalized spacial score (nSPS) is 11.6. The van der Waals surface area contributed by atoms with Crippen LogP contribution in [-0.2, 0) is 0 Å². The molecule has 0 radical (unpaired) electrons. The number of rotatable bonds is 4. The Morgan fingerprint density at radius 3 is 2.61 bits per heavy atom. The van der Waals surface area contributed by atoms with Crippen LogP contribution >= 0.6 is 0 Å². The topological polar surface area (TPSA) is 58.0 Å². The van der Waals surface area contributed by atoms with E-state index >= 15 is 0 Å². The minimum absolute atomic E-state index is 0.350. The van der Waals surface area contributed by atoms with Crippen LogP contribution in [-0.4, -0.2) is 19.2 Å². The maximum atomic E-state index is 9.35. The van der Waals surface area contributed by atoms with Gasteiger partial charge in [0, 0.05) is 24.0 Å². The molecule has 0 aliphatic carbocycles. The predicted octanol–water partition coefficient (Wildman–Crippen LogP) is 2.69. The highest BCUT2D eigenvalue weighted by molar-refractivity contribution is 5.48. The van der Waals surface area contributed by atoms with Gasteiger partial charge in [0.2, 0.25) is 0 Å². The van der Waals surface area contributed by atoms with E-state index < -0.39 is 0 Å². The van der Waals surface area contributed by atoms with Crippen LogP contribution < -0.4 is 9.47 Å². The number of aromatic amines is 1. The minimum Gasteiger partial charge on any atom is -0.497 e. The van der Waals surface area contributed by atoms with Crippen LogP contribution in [0.4, 0.5) is 0 Å². The van der Waals surface area contributed by atoms with Crippen molar-refractivity contribution in [2.24, 2.45) is 0 Å². The van der Waals surface area contributed by atoms with E-state index in [4.69, 9.17) is 9.47 Å². The summed E-state index contributed by atoms with van der Waals surface area (Å²) in [6.07, 6.45) is 3.62. The maximum absolute atomic E-state index is 9.35. The lowest BCUT2D eigenvalue weighted by Gasteiger charge is -2.13. The van der Waals surface area contributed by atoms with Gasteiger partial charge < -0.3 is 14.5 Å². The average Bonchev–Trinajstić information content (AvgIpc) is 2.94. The van der Waals surface area contributed by atoms with Gasteiger partial charge in [0.25, 0.3) is 0 Å². The zero-order valence-corrected chi connectivity index (χ0v) is 10.3. The highest BCUT2D eigenvalue weighted by Crippen LogP contribution is 2.33. The van der Waals surface area contributed by atoms with Gasteiger partial charge in [0.1, 0.15) is 17.4 Å². The molecule has 4 nitrogen and oxygen atoms in total. The summed E-state index contributed by atoms with van der Waals surface area (Å²) in [5.74, 6) is 1.01. The van der Waals surface area contributed by atoms with Crippen molar-refractivity contribution in [1.82, 2.24) is 4.98 Å². The van der Waals surface area contributed by atoms with Gasteiger partial charge in [-0.1, -0.05) is 0 Å². The monoisotopic (exact) mass is 242 g/mol. The van der Waals surface area contributed by atoms with Gasteiger partial charge in [-0.15, -0.1) is 0 Å². The van der Waals surface area contributed by atoms with Gasteiger partial charge in [0.15, 0.2) is 0 Å². The van der Waals surface area contributed by atoms with Crippen LogP contribution in [0.2, 0.25) is 0 Å². The molecule has 0 amide bonds. The van der Waals surface area contributed by atoms with E-state index in [1.807, 2.05) is 24.4 Å². The highest BCUT2D eigenvalue weighted by Gasteiger charge is 2.18. The fourth-order valence-corrected chi connectivity index (χ4v) is 1.90. The van der Waals surface area contributed by atoms with Crippen molar-refractivity contribution in [2.45, 2.75) is 5.92 Å². The maximum Gasteiger partial charge on any atom is 0.127 e. The second-order valence-corrected chi connectivity index (χ2v) is 3.81.